The van der Waals surface area contributed by atoms with Gasteiger partial charge in [-0.25, -0.2) is 0 Å². The van der Waals surface area contributed by atoms with Crippen LogP contribution in [0.2, 0.25) is 0 Å². The second kappa shape index (κ2) is 6.19. The maximum absolute atomic E-state index is 12.0. The molecular weight excluding hydrogens is 226 g/mol. The van der Waals surface area contributed by atoms with Gasteiger partial charge in [0.2, 0.25) is 5.91 Å². The van der Waals surface area contributed by atoms with E-state index in [2.05, 4.69) is 11.0 Å². The molecule has 0 spiro atoms. The van der Waals surface area contributed by atoms with Crippen LogP contribution in [-0.2, 0) is 4.79 Å². The molecule has 18 heavy (non-hydrogen) atoms. The monoisotopic (exact) mass is 249 g/mol. The highest BCUT2D eigenvalue weighted by atomic mass is 16.2. The third-order valence-electron chi connectivity index (χ3n) is 3.77. The molecule has 0 unspecified atom stereocenters. The van der Waals surface area contributed by atoms with Crippen LogP contribution in [0.3, 0.4) is 0 Å². The van der Waals surface area contributed by atoms with Gasteiger partial charge in [-0.3, -0.25) is 9.69 Å². The molecule has 4 nitrogen and oxygen atoms in total. The van der Waals surface area contributed by atoms with Crippen LogP contribution in [0.5, 0.6) is 0 Å². The minimum atomic E-state index is 0.159. The number of hydrogen-bond donors (Lipinski definition) is 0. The lowest BCUT2D eigenvalue weighted by Crippen LogP contribution is -2.40. The van der Waals surface area contributed by atoms with E-state index in [0.29, 0.717) is 19.5 Å². The van der Waals surface area contributed by atoms with Crippen molar-refractivity contribution in [2.24, 2.45) is 11.8 Å². The largest absolute Gasteiger partial charge is 0.344 e. The Kier molecular flexibility index (Phi) is 4.60. The van der Waals surface area contributed by atoms with Gasteiger partial charge in [0.15, 0.2) is 0 Å². The standard InChI is InChI=1S/C14H23N3O/c1-16(8-2-7-15)14(18)11-17(9-12-3-4-12)10-13-5-6-13/h12-13H,2-6,8-11H2,1H3. The van der Waals surface area contributed by atoms with E-state index in [1.165, 1.54) is 25.7 Å². The van der Waals surface area contributed by atoms with Gasteiger partial charge in [-0.15, -0.1) is 0 Å². The van der Waals surface area contributed by atoms with E-state index < -0.39 is 0 Å². The van der Waals surface area contributed by atoms with E-state index in [-0.39, 0.29) is 5.91 Å². The Morgan fingerprint density at radius 3 is 2.22 bits per heavy atom. The first-order chi connectivity index (χ1) is 8.69. The molecule has 1 amide bonds. The van der Waals surface area contributed by atoms with Crippen molar-refractivity contribution < 1.29 is 4.79 Å². The minimum absolute atomic E-state index is 0.159. The molecule has 0 aromatic rings. The lowest BCUT2D eigenvalue weighted by atomic mass is 10.3. The molecule has 0 aromatic heterocycles. The van der Waals surface area contributed by atoms with Crippen molar-refractivity contribution in [2.45, 2.75) is 32.1 Å². The van der Waals surface area contributed by atoms with Crippen LogP contribution < -0.4 is 0 Å². The van der Waals surface area contributed by atoms with Crippen molar-refractivity contribution in [1.29, 1.82) is 5.26 Å². The van der Waals surface area contributed by atoms with E-state index in [4.69, 9.17) is 5.26 Å². The van der Waals surface area contributed by atoms with E-state index in [0.717, 1.165) is 24.9 Å². The van der Waals surface area contributed by atoms with E-state index >= 15 is 0 Å². The lowest BCUT2D eigenvalue weighted by Gasteiger charge is -2.24. The number of carbonyl (C=O) groups is 1. The van der Waals surface area contributed by atoms with E-state index in [1.54, 1.807) is 11.9 Å². The summed E-state index contributed by atoms with van der Waals surface area (Å²) in [5, 5.41) is 8.53. The maximum atomic E-state index is 12.0. The molecule has 2 saturated carbocycles. The van der Waals surface area contributed by atoms with Crippen molar-refractivity contribution in [1.82, 2.24) is 9.80 Å². The Balaban J connectivity index is 1.74. The molecule has 2 fully saturated rings. The number of hydrogen-bond acceptors (Lipinski definition) is 3. The average molecular weight is 249 g/mol. The van der Waals surface area contributed by atoms with E-state index in [9.17, 15) is 4.79 Å². The fraction of sp³-hybridized carbons (Fsp3) is 0.857. The van der Waals surface area contributed by atoms with Gasteiger partial charge in [-0.2, -0.15) is 5.26 Å². The fourth-order valence-corrected chi connectivity index (χ4v) is 2.19. The topological polar surface area (TPSA) is 47.3 Å². The summed E-state index contributed by atoms with van der Waals surface area (Å²) in [6.07, 6.45) is 5.76. The van der Waals surface area contributed by atoms with Gasteiger partial charge in [0.25, 0.3) is 0 Å². The summed E-state index contributed by atoms with van der Waals surface area (Å²) in [5.74, 6) is 1.83. The molecule has 4 heteroatoms. The van der Waals surface area contributed by atoms with E-state index in [1.807, 2.05) is 0 Å². The first-order valence-corrected chi connectivity index (χ1v) is 7.02. The van der Waals surface area contributed by atoms with Gasteiger partial charge in [0.05, 0.1) is 19.0 Å². The zero-order valence-electron chi connectivity index (χ0n) is 11.3. The quantitative estimate of drug-likeness (QED) is 0.654. The summed E-state index contributed by atoms with van der Waals surface area (Å²) in [6.45, 7) is 3.27. The molecule has 0 N–H and O–H groups in total. The zero-order valence-corrected chi connectivity index (χ0v) is 11.3. The van der Waals surface area contributed by atoms with Crippen LogP contribution in [0.15, 0.2) is 0 Å². The van der Waals surface area contributed by atoms with Gasteiger partial charge in [-0.05, 0) is 37.5 Å². The SMILES string of the molecule is CN(CCC#N)C(=O)CN(CC1CC1)CC1CC1. The van der Waals surface area contributed by atoms with Gasteiger partial charge in [0.1, 0.15) is 0 Å². The van der Waals surface area contributed by atoms with Crippen LogP contribution in [0.1, 0.15) is 32.1 Å². The van der Waals surface area contributed by atoms with Crippen molar-refractivity contribution in [3.8, 4) is 6.07 Å². The van der Waals surface area contributed by atoms with Gasteiger partial charge in [-0.1, -0.05) is 0 Å². The van der Waals surface area contributed by atoms with Crippen LogP contribution >= 0.6 is 0 Å². The number of likely N-dealkylation sites (N-methyl/N-ethyl adjacent to an activating group) is 1. The number of carbonyl (C=O) groups excluding carboxylic acids is 1. The molecule has 0 atom stereocenters. The molecule has 2 aliphatic rings. The third kappa shape index (κ3) is 4.66. The molecule has 0 radical (unpaired) electrons. The van der Waals surface area contributed by atoms with Crippen LogP contribution in [0.4, 0.5) is 0 Å². The number of nitrogens with zero attached hydrogens (tertiary/aromatic N) is 3. The predicted octanol–water partition coefficient (Wildman–Crippen LogP) is 1.48. The summed E-state index contributed by atoms with van der Waals surface area (Å²) < 4.78 is 0. The Morgan fingerprint density at radius 1 is 1.22 bits per heavy atom. The Morgan fingerprint density at radius 2 is 1.78 bits per heavy atom. The summed E-state index contributed by atoms with van der Waals surface area (Å²) in [6, 6.07) is 2.08. The van der Waals surface area contributed by atoms with Crippen LogP contribution in [0, 0.1) is 23.2 Å². The highest BCUT2D eigenvalue weighted by molar-refractivity contribution is 5.78. The smallest absolute Gasteiger partial charge is 0.236 e. The van der Waals surface area contributed by atoms with Crippen molar-refractivity contribution in [3.63, 3.8) is 0 Å². The summed E-state index contributed by atoms with van der Waals surface area (Å²) in [7, 11) is 1.80. The fourth-order valence-electron chi connectivity index (χ4n) is 2.19. The number of amides is 1. The average Bonchev–Trinajstić information content (AvgIpc) is 3.21. The molecule has 2 rings (SSSR count). The lowest BCUT2D eigenvalue weighted by molar-refractivity contribution is -0.131. The summed E-state index contributed by atoms with van der Waals surface area (Å²) >= 11 is 0. The van der Waals surface area contributed by atoms with Crippen molar-refractivity contribution >= 4 is 5.91 Å². The second-order valence-electron chi connectivity index (χ2n) is 5.80. The molecule has 2 aliphatic carbocycles. The van der Waals surface area contributed by atoms with Crippen LogP contribution in [-0.4, -0.2) is 48.9 Å². The zero-order chi connectivity index (χ0) is 13.0. The number of nitriles is 1. The van der Waals surface area contributed by atoms with Gasteiger partial charge in [0, 0.05) is 26.7 Å². The first-order valence-electron chi connectivity index (χ1n) is 7.02. The predicted molar refractivity (Wildman–Crippen MR) is 69.8 cm³/mol. The normalized spacial score (nSPS) is 18.7. The molecule has 0 aromatic carbocycles. The Bertz CT molecular complexity index is 314. The minimum Gasteiger partial charge on any atom is -0.344 e. The molecule has 100 valence electrons. The summed E-state index contributed by atoms with van der Waals surface area (Å²) in [4.78, 5) is 16.1. The molecular formula is C14H23N3O. The molecule has 0 bridgehead atoms. The highest BCUT2D eigenvalue weighted by Gasteiger charge is 2.30. The maximum Gasteiger partial charge on any atom is 0.236 e. The van der Waals surface area contributed by atoms with Crippen molar-refractivity contribution in [3.05, 3.63) is 0 Å². The summed E-state index contributed by atoms with van der Waals surface area (Å²) in [5.41, 5.74) is 0. The van der Waals surface area contributed by atoms with Gasteiger partial charge < -0.3 is 4.90 Å². The molecule has 0 heterocycles. The number of rotatable bonds is 8. The van der Waals surface area contributed by atoms with Gasteiger partial charge >= 0.3 is 0 Å². The second-order valence-corrected chi connectivity index (χ2v) is 5.80. The van der Waals surface area contributed by atoms with Crippen LogP contribution in [0.25, 0.3) is 0 Å². The molecule has 0 aliphatic heterocycles. The highest BCUT2D eigenvalue weighted by Crippen LogP contribution is 2.33. The Labute approximate surface area is 110 Å². The Hall–Kier alpha value is -1.08. The first kappa shape index (κ1) is 13.4. The van der Waals surface area contributed by atoms with Crippen molar-refractivity contribution in [2.75, 3.05) is 33.2 Å². The third-order valence-corrected chi connectivity index (χ3v) is 3.77. The molecule has 0 saturated heterocycles.